The standard InChI is InChI=1S/C21H19NO3/c23-20-17-7-3-4-8-19(17)22(13-18(20)21(24)25)12-14-9-10-15-5-1-2-6-16(15)11-14/h1-2,5-6,9-11,13H,3-4,7-8,12H2,(H,24,25). The first-order valence-corrected chi connectivity index (χ1v) is 8.59. The van der Waals surface area contributed by atoms with Gasteiger partial charge in [-0.2, -0.15) is 0 Å². The second-order valence-corrected chi connectivity index (χ2v) is 6.62. The van der Waals surface area contributed by atoms with Gasteiger partial charge in [-0.1, -0.05) is 36.4 Å². The van der Waals surface area contributed by atoms with E-state index in [1.165, 1.54) is 11.6 Å². The number of aromatic nitrogens is 1. The second kappa shape index (κ2) is 6.20. The highest BCUT2D eigenvalue weighted by Crippen LogP contribution is 2.22. The van der Waals surface area contributed by atoms with E-state index in [4.69, 9.17) is 0 Å². The zero-order valence-corrected chi connectivity index (χ0v) is 13.9. The summed E-state index contributed by atoms with van der Waals surface area (Å²) in [4.78, 5) is 23.9. The molecule has 4 heteroatoms. The van der Waals surface area contributed by atoms with Gasteiger partial charge in [0.2, 0.25) is 0 Å². The first kappa shape index (κ1) is 15.6. The molecule has 0 spiro atoms. The molecule has 0 radical (unpaired) electrons. The molecule has 1 aromatic heterocycles. The Balaban J connectivity index is 1.82. The van der Waals surface area contributed by atoms with E-state index in [0.29, 0.717) is 18.5 Å². The van der Waals surface area contributed by atoms with Gasteiger partial charge in [-0.25, -0.2) is 4.79 Å². The summed E-state index contributed by atoms with van der Waals surface area (Å²) >= 11 is 0. The largest absolute Gasteiger partial charge is 0.477 e. The van der Waals surface area contributed by atoms with Gasteiger partial charge in [-0.3, -0.25) is 4.79 Å². The number of carbonyl (C=O) groups is 1. The number of aromatic carboxylic acids is 1. The van der Waals surface area contributed by atoms with Crippen LogP contribution in [0, 0.1) is 0 Å². The predicted octanol–water partition coefficient (Wildman–Crippen LogP) is 3.63. The predicted molar refractivity (Wildman–Crippen MR) is 97.4 cm³/mol. The molecule has 0 fully saturated rings. The SMILES string of the molecule is O=C(O)c1cn(Cc2ccc3ccccc3c2)c2c(c1=O)CCCC2. The molecular formula is C21H19NO3. The van der Waals surface area contributed by atoms with Crippen LogP contribution in [0.25, 0.3) is 10.8 Å². The average Bonchev–Trinajstić information content (AvgIpc) is 2.64. The van der Waals surface area contributed by atoms with Crippen molar-refractivity contribution in [1.29, 1.82) is 0 Å². The molecule has 1 heterocycles. The molecule has 2 aromatic carbocycles. The summed E-state index contributed by atoms with van der Waals surface area (Å²) in [5, 5.41) is 11.7. The monoisotopic (exact) mass is 333 g/mol. The number of fused-ring (bicyclic) bond motifs is 2. The highest BCUT2D eigenvalue weighted by molar-refractivity contribution is 5.87. The van der Waals surface area contributed by atoms with Gasteiger partial charge < -0.3 is 9.67 Å². The number of rotatable bonds is 3. The van der Waals surface area contributed by atoms with Crippen LogP contribution in [0.3, 0.4) is 0 Å². The molecule has 1 aliphatic rings. The van der Waals surface area contributed by atoms with Gasteiger partial charge in [-0.15, -0.1) is 0 Å². The zero-order valence-electron chi connectivity index (χ0n) is 13.9. The molecule has 0 saturated carbocycles. The van der Waals surface area contributed by atoms with Crippen molar-refractivity contribution in [2.75, 3.05) is 0 Å². The van der Waals surface area contributed by atoms with Crippen molar-refractivity contribution in [3.63, 3.8) is 0 Å². The maximum absolute atomic E-state index is 12.4. The fraction of sp³-hybridized carbons (Fsp3) is 0.238. The van der Waals surface area contributed by atoms with Crippen LogP contribution in [0.5, 0.6) is 0 Å². The van der Waals surface area contributed by atoms with Gasteiger partial charge >= 0.3 is 5.97 Å². The Labute approximate surface area is 145 Å². The third kappa shape index (κ3) is 2.84. The topological polar surface area (TPSA) is 59.3 Å². The average molecular weight is 333 g/mol. The summed E-state index contributed by atoms with van der Waals surface area (Å²) in [6, 6.07) is 14.4. The van der Waals surface area contributed by atoms with Gasteiger partial charge in [0.05, 0.1) is 0 Å². The maximum atomic E-state index is 12.4. The number of hydrogen-bond acceptors (Lipinski definition) is 2. The van der Waals surface area contributed by atoms with E-state index in [2.05, 4.69) is 30.3 Å². The van der Waals surface area contributed by atoms with E-state index >= 15 is 0 Å². The molecule has 0 amide bonds. The van der Waals surface area contributed by atoms with Gasteiger partial charge in [0, 0.05) is 24.0 Å². The molecule has 4 rings (SSSR count). The first-order chi connectivity index (χ1) is 12.1. The molecule has 1 N–H and O–H groups in total. The van der Waals surface area contributed by atoms with E-state index in [9.17, 15) is 14.7 Å². The first-order valence-electron chi connectivity index (χ1n) is 8.59. The third-order valence-corrected chi connectivity index (χ3v) is 4.99. The highest BCUT2D eigenvalue weighted by atomic mass is 16.4. The van der Waals surface area contributed by atoms with Gasteiger partial charge in [0.25, 0.3) is 0 Å². The number of hydrogen-bond donors (Lipinski definition) is 1. The van der Waals surface area contributed by atoms with E-state index in [0.717, 1.165) is 35.9 Å². The van der Waals surface area contributed by atoms with Crippen molar-refractivity contribution in [2.24, 2.45) is 0 Å². The normalized spacial score (nSPS) is 13.6. The number of carboxylic acid groups (broad SMARTS) is 1. The van der Waals surface area contributed by atoms with E-state index in [1.807, 2.05) is 16.7 Å². The van der Waals surface area contributed by atoms with Gasteiger partial charge in [-0.05, 0) is 48.1 Å². The van der Waals surface area contributed by atoms with Crippen LogP contribution in [-0.2, 0) is 19.4 Å². The van der Waals surface area contributed by atoms with Crippen molar-refractivity contribution in [1.82, 2.24) is 4.57 Å². The Hall–Kier alpha value is -2.88. The minimum Gasteiger partial charge on any atom is -0.477 e. The summed E-state index contributed by atoms with van der Waals surface area (Å²) in [6.45, 7) is 0.577. The Morgan fingerprint density at radius 2 is 1.80 bits per heavy atom. The number of carboxylic acids is 1. The van der Waals surface area contributed by atoms with Gasteiger partial charge in [0.15, 0.2) is 5.43 Å². The number of benzene rings is 2. The lowest BCUT2D eigenvalue weighted by Gasteiger charge is -2.22. The molecule has 0 saturated heterocycles. The molecule has 1 aliphatic carbocycles. The Bertz CT molecular complexity index is 1030. The third-order valence-electron chi connectivity index (χ3n) is 4.99. The molecule has 4 nitrogen and oxygen atoms in total. The van der Waals surface area contributed by atoms with Crippen molar-refractivity contribution in [2.45, 2.75) is 32.2 Å². The minimum absolute atomic E-state index is 0.124. The highest BCUT2D eigenvalue weighted by Gasteiger charge is 2.21. The molecule has 0 atom stereocenters. The smallest absolute Gasteiger partial charge is 0.341 e. The fourth-order valence-electron chi connectivity index (χ4n) is 3.73. The van der Waals surface area contributed by atoms with Crippen LogP contribution in [0.2, 0.25) is 0 Å². The van der Waals surface area contributed by atoms with E-state index < -0.39 is 5.97 Å². The Morgan fingerprint density at radius 3 is 2.60 bits per heavy atom. The van der Waals surface area contributed by atoms with Gasteiger partial charge in [0.1, 0.15) is 5.56 Å². The molecule has 0 bridgehead atoms. The number of nitrogens with zero attached hydrogens (tertiary/aromatic N) is 1. The van der Waals surface area contributed by atoms with Crippen LogP contribution in [-0.4, -0.2) is 15.6 Å². The van der Waals surface area contributed by atoms with E-state index in [1.54, 1.807) is 0 Å². The Kier molecular flexibility index (Phi) is 3.88. The zero-order chi connectivity index (χ0) is 17.4. The molecule has 3 aromatic rings. The lowest BCUT2D eigenvalue weighted by molar-refractivity contribution is 0.0694. The van der Waals surface area contributed by atoms with Crippen LogP contribution in [0.15, 0.2) is 53.5 Å². The lowest BCUT2D eigenvalue weighted by atomic mass is 9.93. The summed E-state index contributed by atoms with van der Waals surface area (Å²) in [5.41, 5.74) is 2.35. The Morgan fingerprint density at radius 1 is 1.04 bits per heavy atom. The molecule has 126 valence electrons. The minimum atomic E-state index is -1.15. The van der Waals surface area contributed by atoms with Crippen LogP contribution in [0.4, 0.5) is 0 Å². The van der Waals surface area contributed by atoms with Crippen molar-refractivity contribution in [3.8, 4) is 0 Å². The fourth-order valence-corrected chi connectivity index (χ4v) is 3.73. The number of pyridine rings is 1. The second-order valence-electron chi connectivity index (χ2n) is 6.62. The van der Waals surface area contributed by atoms with Crippen molar-refractivity contribution in [3.05, 3.63) is 81.3 Å². The quantitative estimate of drug-likeness (QED) is 0.796. The summed E-state index contributed by atoms with van der Waals surface area (Å²) in [6.07, 6.45) is 5.01. The van der Waals surface area contributed by atoms with Crippen molar-refractivity contribution < 1.29 is 9.90 Å². The van der Waals surface area contributed by atoms with E-state index in [-0.39, 0.29) is 11.0 Å². The van der Waals surface area contributed by atoms with Crippen LogP contribution >= 0.6 is 0 Å². The lowest BCUT2D eigenvalue weighted by Crippen LogP contribution is -2.28. The summed E-state index contributed by atoms with van der Waals surface area (Å²) in [7, 11) is 0. The van der Waals surface area contributed by atoms with Crippen molar-refractivity contribution >= 4 is 16.7 Å². The summed E-state index contributed by atoms with van der Waals surface area (Å²) in [5.74, 6) is -1.15. The molecule has 25 heavy (non-hydrogen) atoms. The summed E-state index contributed by atoms with van der Waals surface area (Å²) < 4.78 is 1.96. The molecule has 0 aliphatic heterocycles. The maximum Gasteiger partial charge on any atom is 0.341 e. The molecule has 0 unspecified atom stereocenters. The van der Waals surface area contributed by atoms with Crippen LogP contribution < -0.4 is 5.43 Å². The molecular weight excluding hydrogens is 314 g/mol. The van der Waals surface area contributed by atoms with Crippen LogP contribution in [0.1, 0.15) is 40.0 Å².